The van der Waals surface area contributed by atoms with E-state index in [2.05, 4.69) is 10.4 Å². The van der Waals surface area contributed by atoms with Gasteiger partial charge in [-0.05, 0) is 30.5 Å². The minimum atomic E-state index is -0.762. The first-order chi connectivity index (χ1) is 13.4. The van der Waals surface area contributed by atoms with Crippen molar-refractivity contribution in [2.24, 2.45) is 7.05 Å². The molecule has 0 bridgehead atoms. The average molecular weight is 379 g/mol. The second-order valence-electron chi connectivity index (χ2n) is 6.41. The number of aryl methyl sites for hydroxylation is 3. The summed E-state index contributed by atoms with van der Waals surface area (Å²) in [6, 6.07) is 12.4. The van der Waals surface area contributed by atoms with Crippen molar-refractivity contribution in [3.8, 4) is 0 Å². The Morgan fingerprint density at radius 2 is 1.82 bits per heavy atom. The predicted molar refractivity (Wildman–Crippen MR) is 106 cm³/mol. The van der Waals surface area contributed by atoms with E-state index in [-0.39, 0.29) is 11.3 Å². The SMILES string of the molecule is CCc1cccc(C)c1NC(=O)COC(=O)c1nn(C)c(=O)c2ccccc12. The fourth-order valence-electron chi connectivity index (χ4n) is 3.03. The topological polar surface area (TPSA) is 90.3 Å². The van der Waals surface area contributed by atoms with E-state index in [1.807, 2.05) is 32.0 Å². The number of amides is 1. The summed E-state index contributed by atoms with van der Waals surface area (Å²) in [6.07, 6.45) is 0.769. The Hall–Kier alpha value is -3.48. The molecule has 0 spiro atoms. The summed E-state index contributed by atoms with van der Waals surface area (Å²) in [5.74, 6) is -1.20. The average Bonchev–Trinajstić information content (AvgIpc) is 2.70. The minimum absolute atomic E-state index is 0.00404. The van der Waals surface area contributed by atoms with Crippen LogP contribution in [-0.2, 0) is 23.0 Å². The monoisotopic (exact) mass is 379 g/mol. The molecule has 3 aromatic rings. The number of hydrogen-bond donors (Lipinski definition) is 1. The molecular formula is C21H21N3O4. The summed E-state index contributed by atoms with van der Waals surface area (Å²) in [4.78, 5) is 36.9. The van der Waals surface area contributed by atoms with Crippen LogP contribution in [0.4, 0.5) is 5.69 Å². The molecule has 0 aliphatic carbocycles. The van der Waals surface area contributed by atoms with Crippen LogP contribution in [0.15, 0.2) is 47.3 Å². The van der Waals surface area contributed by atoms with E-state index in [9.17, 15) is 14.4 Å². The molecule has 0 atom stereocenters. The second-order valence-corrected chi connectivity index (χ2v) is 6.41. The molecule has 1 heterocycles. The van der Waals surface area contributed by atoms with Crippen LogP contribution in [0.5, 0.6) is 0 Å². The molecule has 144 valence electrons. The molecule has 2 aromatic carbocycles. The van der Waals surface area contributed by atoms with Crippen LogP contribution in [0.25, 0.3) is 10.8 Å². The van der Waals surface area contributed by atoms with Gasteiger partial charge in [-0.3, -0.25) is 9.59 Å². The maximum atomic E-state index is 12.5. The normalized spacial score (nSPS) is 10.7. The molecule has 0 fully saturated rings. The standard InChI is InChI=1S/C21H21N3O4/c1-4-14-9-7-8-13(2)18(14)22-17(25)12-28-21(27)19-15-10-5-6-11-16(15)20(26)24(3)23-19/h5-11H,4,12H2,1-3H3,(H,22,25). The van der Waals surface area contributed by atoms with E-state index in [0.717, 1.165) is 27.9 Å². The highest BCUT2D eigenvalue weighted by atomic mass is 16.5. The number of rotatable bonds is 5. The molecule has 3 rings (SSSR count). The Kier molecular flexibility index (Phi) is 5.54. The van der Waals surface area contributed by atoms with E-state index in [4.69, 9.17) is 4.74 Å². The Balaban J connectivity index is 1.77. The molecule has 7 nitrogen and oxygen atoms in total. The molecule has 1 amide bonds. The van der Waals surface area contributed by atoms with E-state index >= 15 is 0 Å². The minimum Gasteiger partial charge on any atom is -0.451 e. The number of esters is 1. The predicted octanol–water partition coefficient (Wildman–Crippen LogP) is 2.60. The van der Waals surface area contributed by atoms with Crippen LogP contribution < -0.4 is 10.9 Å². The second kappa shape index (κ2) is 8.04. The molecule has 0 aliphatic rings. The van der Waals surface area contributed by atoms with Crippen molar-refractivity contribution in [3.63, 3.8) is 0 Å². The van der Waals surface area contributed by atoms with E-state index in [0.29, 0.717) is 10.8 Å². The lowest BCUT2D eigenvalue weighted by atomic mass is 10.1. The number of carbonyl (C=O) groups is 2. The van der Waals surface area contributed by atoms with Gasteiger partial charge in [-0.15, -0.1) is 0 Å². The van der Waals surface area contributed by atoms with Gasteiger partial charge >= 0.3 is 5.97 Å². The number of nitrogens with zero attached hydrogens (tertiary/aromatic N) is 2. The van der Waals surface area contributed by atoms with E-state index in [1.165, 1.54) is 7.05 Å². The summed E-state index contributed by atoms with van der Waals surface area (Å²) < 4.78 is 6.23. The summed E-state index contributed by atoms with van der Waals surface area (Å²) in [5.41, 5.74) is 2.36. The molecule has 7 heteroatoms. The van der Waals surface area contributed by atoms with Crippen molar-refractivity contribution < 1.29 is 14.3 Å². The molecule has 0 unspecified atom stereocenters. The van der Waals surface area contributed by atoms with Gasteiger partial charge in [-0.1, -0.05) is 43.3 Å². The first-order valence-electron chi connectivity index (χ1n) is 8.94. The number of hydrogen-bond acceptors (Lipinski definition) is 5. The van der Waals surface area contributed by atoms with E-state index in [1.54, 1.807) is 24.3 Å². The van der Waals surface area contributed by atoms with Crippen LogP contribution in [0.3, 0.4) is 0 Å². The third-order valence-electron chi connectivity index (χ3n) is 4.49. The highest BCUT2D eigenvalue weighted by Gasteiger charge is 2.18. The first kappa shape index (κ1) is 19.3. The number of carbonyl (C=O) groups excluding carboxylic acids is 2. The number of anilines is 1. The lowest BCUT2D eigenvalue weighted by molar-refractivity contribution is -0.119. The fourth-order valence-corrected chi connectivity index (χ4v) is 3.03. The van der Waals surface area contributed by atoms with Gasteiger partial charge in [0.1, 0.15) is 0 Å². The van der Waals surface area contributed by atoms with Gasteiger partial charge in [-0.25, -0.2) is 9.48 Å². The fraction of sp³-hybridized carbons (Fsp3) is 0.238. The number of aromatic nitrogens is 2. The number of ether oxygens (including phenoxy) is 1. The molecule has 1 aromatic heterocycles. The van der Waals surface area contributed by atoms with Crippen LogP contribution in [0.1, 0.15) is 28.5 Å². The van der Waals surface area contributed by atoms with Gasteiger partial charge < -0.3 is 10.1 Å². The van der Waals surface area contributed by atoms with Crippen molar-refractivity contribution in [3.05, 3.63) is 69.6 Å². The molecular weight excluding hydrogens is 358 g/mol. The highest BCUT2D eigenvalue weighted by Crippen LogP contribution is 2.21. The lowest BCUT2D eigenvalue weighted by Crippen LogP contribution is -2.26. The van der Waals surface area contributed by atoms with Crippen LogP contribution in [0, 0.1) is 6.92 Å². The van der Waals surface area contributed by atoms with Gasteiger partial charge in [0.05, 0.1) is 5.39 Å². The van der Waals surface area contributed by atoms with Gasteiger partial charge in [0.15, 0.2) is 12.3 Å². The zero-order valence-corrected chi connectivity index (χ0v) is 16.0. The quantitative estimate of drug-likeness (QED) is 0.688. The molecule has 1 N–H and O–H groups in total. The maximum Gasteiger partial charge on any atom is 0.359 e. The van der Waals surface area contributed by atoms with Crippen molar-refractivity contribution >= 4 is 28.3 Å². The van der Waals surface area contributed by atoms with Gasteiger partial charge in [0, 0.05) is 18.1 Å². The number of fused-ring (bicyclic) bond motifs is 1. The highest BCUT2D eigenvalue weighted by molar-refractivity contribution is 6.03. The lowest BCUT2D eigenvalue weighted by Gasteiger charge is -2.13. The van der Waals surface area contributed by atoms with Crippen molar-refractivity contribution in [1.29, 1.82) is 0 Å². The summed E-state index contributed by atoms with van der Waals surface area (Å²) >= 11 is 0. The Morgan fingerprint density at radius 3 is 2.54 bits per heavy atom. The van der Waals surface area contributed by atoms with Crippen molar-refractivity contribution in [1.82, 2.24) is 9.78 Å². The van der Waals surface area contributed by atoms with Crippen molar-refractivity contribution in [2.75, 3.05) is 11.9 Å². The summed E-state index contributed by atoms with van der Waals surface area (Å²) in [5, 5.41) is 7.56. The summed E-state index contributed by atoms with van der Waals surface area (Å²) in [6.45, 7) is 3.46. The first-order valence-corrected chi connectivity index (χ1v) is 8.94. The zero-order valence-electron chi connectivity index (χ0n) is 16.0. The Labute approximate surface area is 161 Å². The maximum absolute atomic E-state index is 12.5. The van der Waals surface area contributed by atoms with Crippen LogP contribution in [-0.4, -0.2) is 28.3 Å². The molecule has 28 heavy (non-hydrogen) atoms. The molecule has 0 saturated carbocycles. The molecule has 0 saturated heterocycles. The van der Waals surface area contributed by atoms with Crippen molar-refractivity contribution in [2.45, 2.75) is 20.3 Å². The van der Waals surface area contributed by atoms with Crippen LogP contribution in [0.2, 0.25) is 0 Å². The third-order valence-corrected chi connectivity index (χ3v) is 4.49. The molecule has 0 radical (unpaired) electrons. The molecule has 0 aliphatic heterocycles. The van der Waals surface area contributed by atoms with E-state index < -0.39 is 18.5 Å². The summed E-state index contributed by atoms with van der Waals surface area (Å²) in [7, 11) is 1.46. The third kappa shape index (κ3) is 3.78. The largest absolute Gasteiger partial charge is 0.451 e. The Bertz CT molecular complexity index is 1120. The van der Waals surface area contributed by atoms with Gasteiger partial charge in [-0.2, -0.15) is 5.10 Å². The van der Waals surface area contributed by atoms with Gasteiger partial charge in [0.25, 0.3) is 11.5 Å². The van der Waals surface area contributed by atoms with Gasteiger partial charge in [0.2, 0.25) is 0 Å². The number of benzene rings is 2. The zero-order chi connectivity index (χ0) is 20.3. The smallest absolute Gasteiger partial charge is 0.359 e. The number of nitrogens with one attached hydrogen (secondary N) is 1. The number of para-hydroxylation sites is 1. The Morgan fingerprint density at radius 1 is 1.11 bits per heavy atom. The van der Waals surface area contributed by atoms with Crippen LogP contribution >= 0.6 is 0 Å².